The standard InChI is InChI=1S/C12H23Cl/c1-9(2)12(13)10(3)11-7-5-4-6-8-11/h9-12H,4-8H2,1-3H3. The molecule has 0 N–H and O–H groups in total. The van der Waals surface area contributed by atoms with E-state index in [9.17, 15) is 0 Å². The van der Waals surface area contributed by atoms with E-state index in [0.717, 1.165) is 5.92 Å². The van der Waals surface area contributed by atoms with Crippen LogP contribution in [0.4, 0.5) is 0 Å². The summed E-state index contributed by atoms with van der Waals surface area (Å²) in [5.74, 6) is 2.24. The minimum atomic E-state index is 0.378. The van der Waals surface area contributed by atoms with Gasteiger partial charge in [-0.1, -0.05) is 52.9 Å². The average Bonchev–Trinajstić information content (AvgIpc) is 2.17. The van der Waals surface area contributed by atoms with Crippen LogP contribution in [0.2, 0.25) is 0 Å². The smallest absolute Gasteiger partial charge is 0.0387 e. The lowest BCUT2D eigenvalue weighted by Crippen LogP contribution is -2.26. The Kier molecular flexibility index (Phi) is 4.58. The van der Waals surface area contributed by atoms with Gasteiger partial charge in [-0.3, -0.25) is 0 Å². The maximum absolute atomic E-state index is 6.40. The van der Waals surface area contributed by atoms with Crippen LogP contribution in [0.15, 0.2) is 0 Å². The molecular weight excluding hydrogens is 180 g/mol. The van der Waals surface area contributed by atoms with Gasteiger partial charge in [-0.05, 0) is 17.8 Å². The van der Waals surface area contributed by atoms with Crippen LogP contribution in [0.5, 0.6) is 0 Å². The summed E-state index contributed by atoms with van der Waals surface area (Å²) in [4.78, 5) is 0. The van der Waals surface area contributed by atoms with Crippen molar-refractivity contribution in [2.45, 2.75) is 58.3 Å². The van der Waals surface area contributed by atoms with Crippen molar-refractivity contribution in [1.29, 1.82) is 0 Å². The SMILES string of the molecule is CC(C)C(Cl)C(C)C1CCCCC1. The molecule has 1 aliphatic carbocycles. The molecule has 13 heavy (non-hydrogen) atoms. The van der Waals surface area contributed by atoms with Crippen molar-refractivity contribution < 1.29 is 0 Å². The summed E-state index contributed by atoms with van der Waals surface area (Å²) >= 11 is 6.40. The van der Waals surface area contributed by atoms with E-state index >= 15 is 0 Å². The molecule has 0 nitrogen and oxygen atoms in total. The van der Waals surface area contributed by atoms with Crippen LogP contribution in [0.25, 0.3) is 0 Å². The topological polar surface area (TPSA) is 0 Å². The van der Waals surface area contributed by atoms with Gasteiger partial charge in [-0.2, -0.15) is 0 Å². The number of rotatable bonds is 3. The summed E-state index contributed by atoms with van der Waals surface area (Å²) in [7, 11) is 0. The molecule has 0 aromatic heterocycles. The average molecular weight is 203 g/mol. The lowest BCUT2D eigenvalue weighted by molar-refractivity contribution is 0.238. The first-order chi connectivity index (χ1) is 6.13. The van der Waals surface area contributed by atoms with Crippen LogP contribution in [-0.2, 0) is 0 Å². The lowest BCUT2D eigenvalue weighted by Gasteiger charge is -2.32. The molecule has 0 aliphatic heterocycles. The molecule has 0 amide bonds. The van der Waals surface area contributed by atoms with Crippen molar-refractivity contribution in [1.82, 2.24) is 0 Å². The Bertz CT molecular complexity index is 136. The van der Waals surface area contributed by atoms with Crippen molar-refractivity contribution in [3.63, 3.8) is 0 Å². The second kappa shape index (κ2) is 5.24. The largest absolute Gasteiger partial charge is 0.122 e. The molecule has 1 rings (SSSR count). The van der Waals surface area contributed by atoms with Gasteiger partial charge in [-0.15, -0.1) is 11.6 Å². The van der Waals surface area contributed by atoms with E-state index in [0.29, 0.717) is 17.2 Å². The van der Waals surface area contributed by atoms with Gasteiger partial charge in [0, 0.05) is 5.38 Å². The Labute approximate surface area is 88.1 Å². The number of alkyl halides is 1. The van der Waals surface area contributed by atoms with E-state index in [1.807, 2.05) is 0 Å². The zero-order valence-corrected chi connectivity index (χ0v) is 9.98. The summed E-state index contributed by atoms with van der Waals surface area (Å²) in [5, 5.41) is 0.378. The summed E-state index contributed by atoms with van der Waals surface area (Å²) in [6.45, 7) is 6.81. The van der Waals surface area contributed by atoms with Gasteiger partial charge < -0.3 is 0 Å². The molecule has 1 aliphatic rings. The Morgan fingerprint density at radius 1 is 1.00 bits per heavy atom. The highest BCUT2D eigenvalue weighted by molar-refractivity contribution is 6.20. The minimum absolute atomic E-state index is 0.378. The van der Waals surface area contributed by atoms with E-state index < -0.39 is 0 Å². The fourth-order valence-electron chi connectivity index (χ4n) is 2.53. The molecule has 0 aromatic carbocycles. The van der Waals surface area contributed by atoms with Crippen molar-refractivity contribution in [2.24, 2.45) is 17.8 Å². The van der Waals surface area contributed by atoms with E-state index in [1.54, 1.807) is 0 Å². The quantitative estimate of drug-likeness (QED) is 0.593. The van der Waals surface area contributed by atoms with Gasteiger partial charge in [0.15, 0.2) is 0 Å². The molecule has 0 radical (unpaired) electrons. The molecule has 78 valence electrons. The van der Waals surface area contributed by atoms with Crippen molar-refractivity contribution in [2.75, 3.05) is 0 Å². The Hall–Kier alpha value is 0.290. The molecular formula is C12H23Cl. The first kappa shape index (κ1) is 11.4. The Balaban J connectivity index is 2.40. The van der Waals surface area contributed by atoms with Crippen LogP contribution in [0.3, 0.4) is 0 Å². The fraction of sp³-hybridized carbons (Fsp3) is 1.00. The van der Waals surface area contributed by atoms with Gasteiger partial charge in [0.1, 0.15) is 0 Å². The second-order valence-electron chi connectivity index (χ2n) is 4.95. The molecule has 0 aromatic rings. The van der Waals surface area contributed by atoms with E-state index in [-0.39, 0.29) is 0 Å². The predicted octanol–water partition coefficient (Wildman–Crippen LogP) is 4.47. The molecule has 0 bridgehead atoms. The molecule has 1 fully saturated rings. The van der Waals surface area contributed by atoms with Crippen LogP contribution >= 0.6 is 11.6 Å². The molecule has 0 heterocycles. The molecule has 1 saturated carbocycles. The molecule has 0 spiro atoms. The van der Waals surface area contributed by atoms with Gasteiger partial charge in [0.05, 0.1) is 0 Å². The third-order valence-corrected chi connectivity index (χ3v) is 4.43. The maximum atomic E-state index is 6.40. The van der Waals surface area contributed by atoms with Crippen LogP contribution < -0.4 is 0 Å². The van der Waals surface area contributed by atoms with Gasteiger partial charge in [-0.25, -0.2) is 0 Å². The number of hydrogen-bond donors (Lipinski definition) is 0. The Morgan fingerprint density at radius 3 is 2.00 bits per heavy atom. The van der Waals surface area contributed by atoms with Gasteiger partial charge in [0.25, 0.3) is 0 Å². The summed E-state index contributed by atoms with van der Waals surface area (Å²) in [5.41, 5.74) is 0. The monoisotopic (exact) mass is 202 g/mol. The first-order valence-electron chi connectivity index (χ1n) is 5.77. The van der Waals surface area contributed by atoms with Crippen LogP contribution in [0, 0.1) is 17.8 Å². The minimum Gasteiger partial charge on any atom is -0.122 e. The van der Waals surface area contributed by atoms with Crippen molar-refractivity contribution in [3.05, 3.63) is 0 Å². The summed E-state index contributed by atoms with van der Waals surface area (Å²) in [6.07, 6.45) is 7.12. The van der Waals surface area contributed by atoms with E-state index in [2.05, 4.69) is 20.8 Å². The van der Waals surface area contributed by atoms with Gasteiger partial charge >= 0.3 is 0 Å². The summed E-state index contributed by atoms with van der Waals surface area (Å²) < 4.78 is 0. The number of halogens is 1. The number of hydrogen-bond acceptors (Lipinski definition) is 0. The van der Waals surface area contributed by atoms with Crippen LogP contribution in [0.1, 0.15) is 52.9 Å². The third-order valence-electron chi connectivity index (χ3n) is 3.53. The molecule has 1 heteroatoms. The third kappa shape index (κ3) is 3.16. The second-order valence-corrected chi connectivity index (χ2v) is 5.45. The lowest BCUT2D eigenvalue weighted by atomic mass is 9.77. The normalized spacial score (nSPS) is 24.7. The zero-order valence-electron chi connectivity index (χ0n) is 9.22. The predicted molar refractivity (Wildman–Crippen MR) is 60.2 cm³/mol. The molecule has 2 unspecified atom stereocenters. The van der Waals surface area contributed by atoms with Crippen molar-refractivity contribution in [3.8, 4) is 0 Å². The fourth-order valence-corrected chi connectivity index (χ4v) is 2.73. The highest BCUT2D eigenvalue weighted by atomic mass is 35.5. The van der Waals surface area contributed by atoms with Crippen LogP contribution in [-0.4, -0.2) is 5.38 Å². The highest BCUT2D eigenvalue weighted by Crippen LogP contribution is 2.35. The van der Waals surface area contributed by atoms with Gasteiger partial charge in [0.2, 0.25) is 0 Å². The van der Waals surface area contributed by atoms with E-state index in [1.165, 1.54) is 32.1 Å². The Morgan fingerprint density at radius 2 is 1.54 bits per heavy atom. The zero-order chi connectivity index (χ0) is 9.84. The molecule has 0 saturated heterocycles. The van der Waals surface area contributed by atoms with Crippen molar-refractivity contribution >= 4 is 11.6 Å². The molecule has 2 atom stereocenters. The first-order valence-corrected chi connectivity index (χ1v) is 6.20. The highest BCUT2D eigenvalue weighted by Gasteiger charge is 2.27. The summed E-state index contributed by atoms with van der Waals surface area (Å²) in [6, 6.07) is 0. The maximum Gasteiger partial charge on any atom is 0.0387 e. The van der Waals surface area contributed by atoms with E-state index in [4.69, 9.17) is 11.6 Å².